The number of benzene rings is 2. The number of sulfone groups is 1. The van der Waals surface area contributed by atoms with Crippen molar-refractivity contribution in [2.75, 3.05) is 5.32 Å². The van der Waals surface area contributed by atoms with Crippen LogP contribution in [0.25, 0.3) is 33.1 Å². The number of anilines is 2. The smallest absolute Gasteiger partial charge is 0.199 e. The zero-order valence-electron chi connectivity index (χ0n) is 16.2. The first-order valence-corrected chi connectivity index (χ1v) is 10.9. The van der Waals surface area contributed by atoms with E-state index >= 15 is 0 Å². The van der Waals surface area contributed by atoms with Crippen LogP contribution in [-0.2, 0) is 9.84 Å². The Balaban J connectivity index is 1.52. The molecule has 8 heteroatoms. The fourth-order valence-corrected chi connectivity index (χ4v) is 4.05. The van der Waals surface area contributed by atoms with Crippen LogP contribution in [0.5, 0.6) is 0 Å². The highest BCUT2D eigenvalue weighted by Crippen LogP contribution is 2.30. The minimum Gasteiger partial charge on any atom is -0.443 e. The zero-order valence-corrected chi connectivity index (χ0v) is 17.0. The summed E-state index contributed by atoms with van der Waals surface area (Å²) < 4.78 is 29.1. The summed E-state index contributed by atoms with van der Waals surface area (Å²) in [5.41, 5.74) is 3.92. The maximum atomic E-state index is 11.9. The topological polar surface area (TPSA) is 98.0 Å². The molecule has 0 atom stereocenters. The molecule has 152 valence electrons. The largest absolute Gasteiger partial charge is 0.443 e. The van der Waals surface area contributed by atoms with Gasteiger partial charge in [-0.15, -0.1) is 0 Å². The van der Waals surface area contributed by atoms with Gasteiger partial charge in [0.1, 0.15) is 11.3 Å². The lowest BCUT2D eigenvalue weighted by Gasteiger charge is -2.10. The van der Waals surface area contributed by atoms with Crippen LogP contribution in [0, 0.1) is 0 Å². The number of aromatic nitrogens is 3. The normalized spacial score (nSPS) is 11.6. The number of hydrogen-bond acceptors (Lipinski definition) is 7. The molecule has 0 saturated heterocycles. The van der Waals surface area contributed by atoms with Gasteiger partial charge in [-0.3, -0.25) is 4.98 Å². The molecule has 0 bridgehead atoms. The first kappa shape index (κ1) is 19.0. The number of rotatable bonds is 5. The molecule has 0 radical (unpaired) electrons. The summed E-state index contributed by atoms with van der Waals surface area (Å²) in [5.74, 6) is 0.614. The maximum absolute atomic E-state index is 11.9. The highest BCUT2D eigenvalue weighted by Gasteiger charge is 2.11. The molecule has 5 aromatic rings. The Bertz CT molecular complexity index is 1540. The lowest BCUT2D eigenvalue weighted by Crippen LogP contribution is -1.97. The number of nitrogens with zero attached hydrogens (tertiary/aromatic N) is 3. The Morgan fingerprint density at radius 3 is 2.61 bits per heavy atom. The summed E-state index contributed by atoms with van der Waals surface area (Å²) in [6.07, 6.45) is 4.94. The van der Waals surface area contributed by atoms with E-state index in [1.165, 1.54) is 18.5 Å². The SMILES string of the molecule is C=CS(=O)(=O)c1ccc(Nc2cc3c(-c4ccc5ocnc5c4)nccc3cn2)cc1. The number of fused-ring (bicyclic) bond motifs is 2. The lowest BCUT2D eigenvalue weighted by atomic mass is 10.0. The molecular weight excluding hydrogens is 412 g/mol. The van der Waals surface area contributed by atoms with Crippen molar-refractivity contribution in [3.8, 4) is 11.3 Å². The van der Waals surface area contributed by atoms with Crippen molar-refractivity contribution >= 4 is 43.2 Å². The van der Waals surface area contributed by atoms with Gasteiger partial charge in [-0.25, -0.2) is 18.4 Å². The second-order valence-corrected chi connectivity index (χ2v) is 8.74. The highest BCUT2D eigenvalue weighted by molar-refractivity contribution is 7.94. The van der Waals surface area contributed by atoms with Crippen molar-refractivity contribution in [1.29, 1.82) is 0 Å². The monoisotopic (exact) mass is 428 g/mol. The molecule has 3 heterocycles. The molecule has 1 N–H and O–H groups in total. The zero-order chi connectivity index (χ0) is 21.4. The molecule has 0 fully saturated rings. The van der Waals surface area contributed by atoms with E-state index in [9.17, 15) is 8.42 Å². The molecule has 0 saturated carbocycles. The average molecular weight is 428 g/mol. The summed E-state index contributed by atoms with van der Waals surface area (Å²) in [5, 5.41) is 6.02. The van der Waals surface area contributed by atoms with Crippen molar-refractivity contribution < 1.29 is 12.8 Å². The van der Waals surface area contributed by atoms with Crippen LogP contribution in [0.3, 0.4) is 0 Å². The Hall–Kier alpha value is -4.04. The van der Waals surface area contributed by atoms with Crippen LogP contribution in [0.2, 0.25) is 0 Å². The summed E-state index contributed by atoms with van der Waals surface area (Å²) in [6.45, 7) is 3.35. The van der Waals surface area contributed by atoms with Crippen molar-refractivity contribution in [3.63, 3.8) is 0 Å². The Labute approximate surface area is 178 Å². The molecule has 0 spiro atoms. The van der Waals surface area contributed by atoms with Crippen molar-refractivity contribution in [2.24, 2.45) is 0 Å². The minimum atomic E-state index is -3.46. The number of nitrogens with one attached hydrogen (secondary N) is 1. The van der Waals surface area contributed by atoms with Crippen molar-refractivity contribution in [2.45, 2.75) is 4.90 Å². The Morgan fingerprint density at radius 1 is 0.968 bits per heavy atom. The van der Waals surface area contributed by atoms with E-state index in [4.69, 9.17) is 4.42 Å². The van der Waals surface area contributed by atoms with Gasteiger partial charge in [-0.2, -0.15) is 0 Å². The number of pyridine rings is 2. The molecular formula is C23H16N4O3S. The molecule has 3 aromatic heterocycles. The van der Waals surface area contributed by atoms with E-state index < -0.39 is 9.84 Å². The minimum absolute atomic E-state index is 0.189. The van der Waals surface area contributed by atoms with E-state index in [-0.39, 0.29) is 4.90 Å². The first-order valence-electron chi connectivity index (χ1n) is 9.36. The Kier molecular flexibility index (Phi) is 4.48. The first-order chi connectivity index (χ1) is 15.0. The predicted octanol–water partition coefficient (Wildman–Crippen LogP) is 5.10. The van der Waals surface area contributed by atoms with Crippen LogP contribution in [0.4, 0.5) is 11.5 Å². The summed E-state index contributed by atoms with van der Waals surface area (Å²) >= 11 is 0. The van der Waals surface area contributed by atoms with E-state index in [0.717, 1.165) is 38.5 Å². The lowest BCUT2D eigenvalue weighted by molar-refractivity contribution is 0.602. The molecule has 0 amide bonds. The van der Waals surface area contributed by atoms with Crippen LogP contribution in [0.15, 0.2) is 94.7 Å². The molecule has 7 nitrogen and oxygen atoms in total. The molecule has 0 aliphatic rings. The number of hydrogen-bond donors (Lipinski definition) is 1. The quantitative estimate of drug-likeness (QED) is 0.416. The predicted molar refractivity (Wildman–Crippen MR) is 120 cm³/mol. The van der Waals surface area contributed by atoms with E-state index in [0.29, 0.717) is 11.5 Å². The number of oxazole rings is 1. The highest BCUT2D eigenvalue weighted by atomic mass is 32.2. The van der Waals surface area contributed by atoms with Crippen LogP contribution < -0.4 is 5.32 Å². The van der Waals surface area contributed by atoms with Gasteiger partial charge in [0.2, 0.25) is 0 Å². The Morgan fingerprint density at radius 2 is 1.81 bits per heavy atom. The van der Waals surface area contributed by atoms with Gasteiger partial charge >= 0.3 is 0 Å². The fraction of sp³-hybridized carbons (Fsp3) is 0. The van der Waals surface area contributed by atoms with Crippen LogP contribution in [-0.4, -0.2) is 23.4 Å². The van der Waals surface area contributed by atoms with E-state index in [2.05, 4.69) is 26.8 Å². The van der Waals surface area contributed by atoms with Crippen LogP contribution >= 0.6 is 0 Å². The fourth-order valence-electron chi connectivity index (χ4n) is 3.34. The van der Waals surface area contributed by atoms with Crippen molar-refractivity contribution in [3.05, 3.63) is 85.4 Å². The molecule has 2 aromatic carbocycles. The summed E-state index contributed by atoms with van der Waals surface area (Å²) in [4.78, 5) is 13.4. The van der Waals surface area contributed by atoms with Crippen LogP contribution in [0.1, 0.15) is 0 Å². The summed E-state index contributed by atoms with van der Waals surface area (Å²) in [7, 11) is -3.46. The third-order valence-electron chi connectivity index (χ3n) is 4.93. The van der Waals surface area contributed by atoms with Gasteiger partial charge in [0.25, 0.3) is 0 Å². The third-order valence-corrected chi connectivity index (χ3v) is 6.29. The second-order valence-electron chi connectivity index (χ2n) is 6.85. The molecule has 0 aliphatic carbocycles. The van der Waals surface area contributed by atoms with Gasteiger partial charge in [0, 0.05) is 39.8 Å². The molecule has 0 aliphatic heterocycles. The van der Waals surface area contributed by atoms with Gasteiger partial charge < -0.3 is 9.73 Å². The average Bonchev–Trinajstić information content (AvgIpc) is 3.27. The summed E-state index contributed by atoms with van der Waals surface area (Å²) in [6, 6.07) is 16.0. The van der Waals surface area contributed by atoms with Crippen molar-refractivity contribution in [1.82, 2.24) is 15.0 Å². The molecule has 31 heavy (non-hydrogen) atoms. The van der Waals surface area contributed by atoms with E-state index in [1.807, 2.05) is 30.3 Å². The van der Waals surface area contributed by atoms with Gasteiger partial charge in [-0.1, -0.05) is 6.58 Å². The molecule has 0 unspecified atom stereocenters. The second kappa shape index (κ2) is 7.33. The van der Waals surface area contributed by atoms with Gasteiger partial charge in [-0.05, 0) is 54.6 Å². The van der Waals surface area contributed by atoms with Gasteiger partial charge in [0.15, 0.2) is 21.8 Å². The maximum Gasteiger partial charge on any atom is 0.199 e. The third kappa shape index (κ3) is 3.53. The van der Waals surface area contributed by atoms with Gasteiger partial charge in [0.05, 0.1) is 10.6 Å². The molecule has 5 rings (SSSR count). The standard InChI is InChI=1S/C23H16N4O3S/c1-2-31(28,29)18-6-4-17(5-7-18)27-22-12-19-16(13-25-22)9-10-24-23(19)15-3-8-21-20(11-15)26-14-30-21/h2-14H,1H2,(H,25,27). The van der Waals surface area contributed by atoms with E-state index in [1.54, 1.807) is 24.5 Å².